The van der Waals surface area contributed by atoms with E-state index in [1.807, 2.05) is 24.4 Å². The van der Waals surface area contributed by atoms with Gasteiger partial charge in [-0.15, -0.1) is 0 Å². The summed E-state index contributed by atoms with van der Waals surface area (Å²) < 4.78 is 5.90. The molecule has 9 nitrogen and oxygen atoms in total. The predicted molar refractivity (Wildman–Crippen MR) is 110 cm³/mol. The first-order valence-corrected chi connectivity index (χ1v) is 10.2. The molecule has 1 fully saturated rings. The van der Waals surface area contributed by atoms with Gasteiger partial charge in [-0.1, -0.05) is 0 Å². The van der Waals surface area contributed by atoms with E-state index in [0.29, 0.717) is 6.61 Å². The minimum atomic E-state index is -0.308. The zero-order valence-electron chi connectivity index (χ0n) is 16.3. The van der Waals surface area contributed by atoms with Gasteiger partial charge < -0.3 is 20.3 Å². The van der Waals surface area contributed by atoms with Gasteiger partial charge in [-0.2, -0.15) is 15.4 Å². The summed E-state index contributed by atoms with van der Waals surface area (Å²) in [4.78, 5) is 21.2. The van der Waals surface area contributed by atoms with Crippen molar-refractivity contribution in [3.8, 4) is 0 Å². The van der Waals surface area contributed by atoms with E-state index in [-0.39, 0.29) is 11.9 Å². The topological polar surface area (TPSA) is 113 Å². The Hall–Kier alpha value is -3.62. The summed E-state index contributed by atoms with van der Waals surface area (Å²) in [6, 6.07) is 5.67. The van der Waals surface area contributed by atoms with Crippen LogP contribution in [-0.2, 0) is 9.53 Å². The quantitative estimate of drug-likeness (QED) is 0.801. The van der Waals surface area contributed by atoms with Gasteiger partial charge in [0, 0.05) is 30.4 Å². The number of aromatic amines is 1. The largest absolute Gasteiger partial charge is 0.495 e. The summed E-state index contributed by atoms with van der Waals surface area (Å²) in [5.41, 5.74) is 12.6. The van der Waals surface area contributed by atoms with Gasteiger partial charge in [-0.05, 0) is 43.0 Å². The lowest BCUT2D eigenvalue weighted by atomic mass is 10.0. The number of aromatic nitrogens is 3. The maximum absolute atomic E-state index is 12.0. The van der Waals surface area contributed by atoms with Crippen molar-refractivity contribution in [3.05, 3.63) is 58.8 Å². The van der Waals surface area contributed by atoms with Gasteiger partial charge >= 0.3 is 0 Å². The Balaban J connectivity index is 1.45. The monoisotopic (exact) mass is 403 g/mol. The number of ether oxygens (including phenoxy) is 1. The molecule has 0 saturated carbocycles. The van der Waals surface area contributed by atoms with Gasteiger partial charge in [-0.3, -0.25) is 4.79 Å². The minimum Gasteiger partial charge on any atom is -0.495 e. The molecule has 1 atom stereocenters. The van der Waals surface area contributed by atoms with Crippen molar-refractivity contribution in [1.29, 1.82) is 0 Å². The van der Waals surface area contributed by atoms with Crippen LogP contribution in [0.4, 0.5) is 0 Å². The van der Waals surface area contributed by atoms with Gasteiger partial charge in [0.25, 0.3) is 0 Å². The van der Waals surface area contributed by atoms with Crippen molar-refractivity contribution in [3.63, 3.8) is 0 Å². The molecular weight excluding hydrogens is 382 g/mol. The van der Waals surface area contributed by atoms with Crippen LogP contribution in [-0.4, -0.2) is 62.7 Å². The second-order valence-electron chi connectivity index (χ2n) is 7.94. The summed E-state index contributed by atoms with van der Waals surface area (Å²) in [6.07, 6.45) is 6.28. The molecule has 6 rings (SSSR count). The number of rotatable bonds is 3. The summed E-state index contributed by atoms with van der Waals surface area (Å²) in [6.45, 7) is 2.16. The number of aliphatic imine (C=N–C) groups is 1. The molecule has 2 aromatic rings. The van der Waals surface area contributed by atoms with Crippen LogP contribution in [0.5, 0.6) is 0 Å². The zero-order valence-corrected chi connectivity index (χ0v) is 16.3. The number of benzene rings is 1. The Morgan fingerprint density at radius 2 is 2.13 bits per heavy atom. The molecule has 0 spiro atoms. The van der Waals surface area contributed by atoms with Crippen molar-refractivity contribution < 1.29 is 9.53 Å². The number of hydrogen-bond donors (Lipinski definition) is 2. The van der Waals surface area contributed by atoms with Gasteiger partial charge in [0.1, 0.15) is 35.8 Å². The number of H-pyrrole nitrogens is 1. The smallest absolute Gasteiger partial charge is 0.240 e. The summed E-state index contributed by atoms with van der Waals surface area (Å²) in [7, 11) is 0. The van der Waals surface area contributed by atoms with Crippen molar-refractivity contribution in [2.24, 2.45) is 10.7 Å². The Kier molecular flexibility index (Phi) is 3.71. The fourth-order valence-electron chi connectivity index (χ4n) is 4.87. The summed E-state index contributed by atoms with van der Waals surface area (Å²) >= 11 is 0. The molecule has 1 saturated heterocycles. The second-order valence-corrected chi connectivity index (χ2v) is 7.94. The molecule has 1 aromatic carbocycles. The van der Waals surface area contributed by atoms with Crippen molar-refractivity contribution in [1.82, 2.24) is 25.2 Å². The maximum Gasteiger partial charge on any atom is 0.240 e. The molecule has 1 aromatic heterocycles. The number of nitrogens with two attached hydrogens (primary N) is 1. The SMILES string of the molecule is NC(=O)[C@@H]1CCCN1C1=COCC2=C3C1=CN=C(c1ccc4n[nH]nc4c1)N3CC2. The summed E-state index contributed by atoms with van der Waals surface area (Å²) in [5, 5.41) is 11.0. The van der Waals surface area contributed by atoms with Crippen LogP contribution in [0.2, 0.25) is 0 Å². The third-order valence-electron chi connectivity index (χ3n) is 6.26. The van der Waals surface area contributed by atoms with Crippen LogP contribution < -0.4 is 5.73 Å². The lowest BCUT2D eigenvalue weighted by Crippen LogP contribution is -2.41. The van der Waals surface area contributed by atoms with E-state index in [2.05, 4.69) is 25.2 Å². The number of carbonyl (C=O) groups is 1. The molecule has 4 aliphatic heterocycles. The number of fused-ring (bicyclic) bond motifs is 1. The van der Waals surface area contributed by atoms with Crippen molar-refractivity contribution >= 4 is 22.8 Å². The van der Waals surface area contributed by atoms with E-state index >= 15 is 0 Å². The average Bonchev–Trinajstić information content (AvgIpc) is 3.47. The average molecular weight is 403 g/mol. The number of amides is 1. The lowest BCUT2D eigenvalue weighted by Gasteiger charge is -2.33. The van der Waals surface area contributed by atoms with E-state index in [9.17, 15) is 4.79 Å². The molecule has 9 heteroatoms. The highest BCUT2D eigenvalue weighted by atomic mass is 16.5. The molecule has 0 unspecified atom stereocenters. The molecule has 1 amide bonds. The Bertz CT molecular complexity index is 1190. The molecular formula is C21H21N7O2. The fourth-order valence-corrected chi connectivity index (χ4v) is 4.87. The molecule has 152 valence electrons. The minimum absolute atomic E-state index is 0.295. The number of carbonyl (C=O) groups excluding carboxylic acids is 1. The molecule has 0 aliphatic carbocycles. The van der Waals surface area contributed by atoms with Gasteiger partial charge in [0.2, 0.25) is 5.91 Å². The predicted octanol–water partition coefficient (Wildman–Crippen LogP) is 1.38. The van der Waals surface area contributed by atoms with Crippen molar-refractivity contribution in [2.75, 3.05) is 19.7 Å². The van der Waals surface area contributed by atoms with Crippen LogP contribution in [0.25, 0.3) is 11.0 Å². The fraction of sp³-hybridized carbons (Fsp3) is 0.333. The van der Waals surface area contributed by atoms with E-state index in [1.165, 1.54) is 5.57 Å². The standard InChI is InChI=1S/C21H21N7O2/c22-20(29)17-2-1-6-27(17)18-11-30-10-13-5-7-28-19(13)14(18)9-23-21(28)12-3-4-15-16(8-12)25-26-24-15/h3-4,8-9,11,17H,1-2,5-7,10H2,(H2,22,29)(H,24,25,26)/t17-/m0/s1. The van der Waals surface area contributed by atoms with E-state index in [0.717, 1.165) is 71.8 Å². The molecule has 0 bridgehead atoms. The Morgan fingerprint density at radius 1 is 1.23 bits per heavy atom. The van der Waals surface area contributed by atoms with Crippen LogP contribution in [0.3, 0.4) is 0 Å². The van der Waals surface area contributed by atoms with E-state index < -0.39 is 0 Å². The molecule has 3 N–H and O–H groups in total. The number of primary amides is 1. The summed E-state index contributed by atoms with van der Waals surface area (Å²) in [5.74, 6) is 0.597. The van der Waals surface area contributed by atoms with E-state index in [1.54, 1.807) is 6.26 Å². The molecule has 0 radical (unpaired) electrons. The van der Waals surface area contributed by atoms with E-state index in [4.69, 9.17) is 15.5 Å². The molecule has 4 aliphatic rings. The van der Waals surface area contributed by atoms with Crippen molar-refractivity contribution in [2.45, 2.75) is 25.3 Å². The zero-order chi connectivity index (χ0) is 20.2. The van der Waals surface area contributed by atoms with Gasteiger partial charge in [0.15, 0.2) is 0 Å². The first-order chi connectivity index (χ1) is 14.7. The first-order valence-electron chi connectivity index (χ1n) is 10.2. The third-order valence-corrected chi connectivity index (χ3v) is 6.26. The van der Waals surface area contributed by atoms with Crippen LogP contribution in [0, 0.1) is 0 Å². The normalized spacial score (nSPS) is 23.1. The number of nitrogens with zero attached hydrogens (tertiary/aromatic N) is 5. The van der Waals surface area contributed by atoms with Crippen LogP contribution in [0.15, 0.2) is 58.2 Å². The Morgan fingerprint density at radius 3 is 3.03 bits per heavy atom. The third kappa shape index (κ3) is 2.47. The first kappa shape index (κ1) is 17.3. The second kappa shape index (κ2) is 6.45. The highest BCUT2D eigenvalue weighted by Crippen LogP contribution is 2.41. The number of likely N-dealkylation sites (tertiary alicyclic amines) is 1. The number of hydrogen-bond acceptors (Lipinski definition) is 7. The molecule has 5 heterocycles. The molecule has 30 heavy (non-hydrogen) atoms. The van der Waals surface area contributed by atoms with Gasteiger partial charge in [-0.25, -0.2) is 4.99 Å². The van der Waals surface area contributed by atoms with Crippen LogP contribution >= 0.6 is 0 Å². The highest BCUT2D eigenvalue weighted by molar-refractivity contribution is 6.04. The number of amidine groups is 1. The highest BCUT2D eigenvalue weighted by Gasteiger charge is 2.39. The van der Waals surface area contributed by atoms with Gasteiger partial charge in [0.05, 0.1) is 11.4 Å². The Labute approximate surface area is 172 Å². The number of nitrogens with one attached hydrogen (secondary N) is 1. The lowest BCUT2D eigenvalue weighted by molar-refractivity contribution is -0.121. The van der Waals surface area contributed by atoms with Crippen LogP contribution in [0.1, 0.15) is 24.8 Å². The maximum atomic E-state index is 12.0.